The molecular weight excluding hydrogens is 305 g/mol. The molecule has 2 rings (SSSR count). The summed E-state index contributed by atoms with van der Waals surface area (Å²) in [5.74, 6) is 0.454. The van der Waals surface area contributed by atoms with Crippen molar-refractivity contribution < 1.29 is 69.1 Å². The number of halogens is 3. The van der Waals surface area contributed by atoms with Gasteiger partial charge in [-0.1, -0.05) is 12.1 Å². The molecule has 0 aliphatic heterocycles. The van der Waals surface area contributed by atoms with Crippen molar-refractivity contribution in [3.8, 4) is 5.75 Å². The normalized spacial score (nSPS) is 10.9. The van der Waals surface area contributed by atoms with Crippen LogP contribution in [0.5, 0.6) is 5.75 Å². The van der Waals surface area contributed by atoms with Gasteiger partial charge in [0.05, 0.1) is 0 Å². The van der Waals surface area contributed by atoms with Crippen molar-refractivity contribution in [1.29, 1.82) is 0 Å². The summed E-state index contributed by atoms with van der Waals surface area (Å²) in [7, 11) is 0. The maximum atomic E-state index is 12.6. The quantitative estimate of drug-likeness (QED) is 0.758. The first-order valence-corrected chi connectivity index (χ1v) is 6.20. The minimum atomic E-state index is -4.97. The van der Waals surface area contributed by atoms with E-state index in [1.54, 1.807) is 19.3 Å². The third-order valence-corrected chi connectivity index (χ3v) is 2.90. The molecule has 1 heterocycles. The van der Waals surface area contributed by atoms with Gasteiger partial charge in [-0.15, -0.1) is 5.46 Å². The van der Waals surface area contributed by atoms with Gasteiger partial charge < -0.3 is 17.7 Å². The second-order valence-corrected chi connectivity index (χ2v) is 4.76. The van der Waals surface area contributed by atoms with E-state index in [2.05, 4.69) is 4.98 Å². The van der Waals surface area contributed by atoms with Crippen molar-refractivity contribution in [2.75, 3.05) is 0 Å². The molecule has 0 saturated heterocycles. The standard InChI is InChI=1S/C14H14BF3NO.K/c1-10-5-12(8-19-7-10)9-20-14-4-3-13(6-11(14)2)15(16,17)18;/h3-8H,9H2,1-2H3;/q-1;+1. The van der Waals surface area contributed by atoms with Gasteiger partial charge in [0, 0.05) is 18.0 Å². The Bertz CT molecular complexity index is 619. The van der Waals surface area contributed by atoms with Crippen LogP contribution in [0.2, 0.25) is 0 Å². The molecule has 0 aliphatic carbocycles. The average Bonchev–Trinajstić information content (AvgIpc) is 2.36. The van der Waals surface area contributed by atoms with E-state index in [1.165, 1.54) is 6.07 Å². The molecule has 0 atom stereocenters. The maximum Gasteiger partial charge on any atom is 1.00 e. The number of ether oxygens (including phenoxy) is 1. The van der Waals surface area contributed by atoms with E-state index in [1.807, 2.05) is 13.0 Å². The van der Waals surface area contributed by atoms with E-state index in [0.717, 1.165) is 23.3 Å². The first-order valence-electron chi connectivity index (χ1n) is 6.20. The summed E-state index contributed by atoms with van der Waals surface area (Å²) >= 11 is 0. The Hall–Kier alpha value is -0.339. The second-order valence-electron chi connectivity index (χ2n) is 4.76. The number of benzene rings is 1. The fraction of sp³-hybridized carbons (Fsp3) is 0.214. The van der Waals surface area contributed by atoms with Gasteiger partial charge in [-0.25, -0.2) is 0 Å². The van der Waals surface area contributed by atoms with Gasteiger partial charge in [0.1, 0.15) is 12.4 Å². The molecule has 1 aromatic carbocycles. The minimum Gasteiger partial charge on any atom is -0.489 e. The van der Waals surface area contributed by atoms with E-state index in [0.29, 0.717) is 11.3 Å². The topological polar surface area (TPSA) is 22.1 Å². The maximum absolute atomic E-state index is 12.6. The van der Waals surface area contributed by atoms with Gasteiger partial charge in [0.15, 0.2) is 0 Å². The van der Waals surface area contributed by atoms with Gasteiger partial charge in [0.25, 0.3) is 0 Å². The Balaban J connectivity index is 0.00000220. The first-order chi connectivity index (χ1) is 9.36. The number of aryl methyl sites for hydroxylation is 2. The zero-order valence-electron chi connectivity index (χ0n) is 12.2. The van der Waals surface area contributed by atoms with Gasteiger partial charge in [0.2, 0.25) is 0 Å². The van der Waals surface area contributed by atoms with Crippen LogP contribution in [0, 0.1) is 13.8 Å². The third-order valence-electron chi connectivity index (χ3n) is 2.90. The molecule has 106 valence electrons. The van der Waals surface area contributed by atoms with Crippen molar-refractivity contribution in [2.24, 2.45) is 0 Å². The summed E-state index contributed by atoms with van der Waals surface area (Å²) in [5.41, 5.74) is 1.76. The van der Waals surface area contributed by atoms with E-state index >= 15 is 0 Å². The van der Waals surface area contributed by atoms with Crippen molar-refractivity contribution >= 4 is 12.4 Å². The molecule has 0 amide bonds. The van der Waals surface area contributed by atoms with Crippen LogP contribution in [0.3, 0.4) is 0 Å². The van der Waals surface area contributed by atoms with Crippen LogP contribution in [0.25, 0.3) is 0 Å². The van der Waals surface area contributed by atoms with Crippen LogP contribution >= 0.6 is 0 Å². The molecular formula is C14H14BF3KNO. The number of hydrogen-bond donors (Lipinski definition) is 0. The molecule has 0 unspecified atom stereocenters. The number of rotatable bonds is 4. The summed E-state index contributed by atoms with van der Waals surface area (Å²) in [6.07, 6.45) is 3.41. The first kappa shape index (κ1) is 18.7. The largest absolute Gasteiger partial charge is 1.00 e. The van der Waals surface area contributed by atoms with E-state index < -0.39 is 12.4 Å². The zero-order valence-corrected chi connectivity index (χ0v) is 15.4. The SMILES string of the molecule is Cc1cncc(COc2ccc([B-](F)(F)F)cc2C)c1.[K+]. The van der Waals surface area contributed by atoms with E-state index in [9.17, 15) is 12.9 Å². The van der Waals surface area contributed by atoms with Crippen LogP contribution in [-0.2, 0) is 6.61 Å². The Morgan fingerprint density at radius 1 is 1.10 bits per heavy atom. The predicted octanol–water partition coefficient (Wildman–Crippen LogP) is 0.336. The molecule has 0 N–H and O–H groups in total. The number of hydrogen-bond acceptors (Lipinski definition) is 2. The zero-order chi connectivity index (χ0) is 14.8. The molecule has 2 nitrogen and oxygen atoms in total. The summed E-state index contributed by atoms with van der Waals surface area (Å²) in [5, 5.41) is 0. The van der Waals surface area contributed by atoms with Crippen molar-refractivity contribution in [3.63, 3.8) is 0 Å². The van der Waals surface area contributed by atoms with Crippen LogP contribution in [0.15, 0.2) is 36.7 Å². The van der Waals surface area contributed by atoms with Gasteiger partial charge in [-0.05, 0) is 37.1 Å². The van der Waals surface area contributed by atoms with Crippen LogP contribution in [-0.4, -0.2) is 12.0 Å². The fourth-order valence-corrected chi connectivity index (χ4v) is 1.90. The van der Waals surface area contributed by atoms with Gasteiger partial charge >= 0.3 is 58.4 Å². The van der Waals surface area contributed by atoms with Crippen LogP contribution in [0.1, 0.15) is 16.7 Å². The summed E-state index contributed by atoms with van der Waals surface area (Å²) in [6.45, 7) is -1.16. The number of aromatic nitrogens is 1. The molecule has 0 aliphatic rings. The molecule has 0 bridgehead atoms. The molecule has 1 aromatic heterocycles. The van der Waals surface area contributed by atoms with Crippen LogP contribution < -0.4 is 61.6 Å². The van der Waals surface area contributed by atoms with Crippen LogP contribution in [0.4, 0.5) is 12.9 Å². The van der Waals surface area contributed by atoms with Gasteiger partial charge in [-0.3, -0.25) is 4.98 Å². The van der Waals surface area contributed by atoms with E-state index in [-0.39, 0.29) is 58.0 Å². The summed E-state index contributed by atoms with van der Waals surface area (Å²) in [6, 6.07) is 5.46. The van der Waals surface area contributed by atoms with Crippen molar-refractivity contribution in [2.45, 2.75) is 20.5 Å². The summed E-state index contributed by atoms with van der Waals surface area (Å²) < 4.78 is 43.4. The Morgan fingerprint density at radius 2 is 1.81 bits per heavy atom. The predicted molar refractivity (Wildman–Crippen MR) is 73.2 cm³/mol. The minimum absolute atomic E-state index is 0. The summed E-state index contributed by atoms with van der Waals surface area (Å²) in [4.78, 5) is 4.04. The molecule has 0 spiro atoms. The molecule has 21 heavy (non-hydrogen) atoms. The molecule has 7 heteroatoms. The fourth-order valence-electron chi connectivity index (χ4n) is 1.90. The molecule has 0 saturated carbocycles. The third kappa shape index (κ3) is 5.41. The smallest absolute Gasteiger partial charge is 0.489 e. The number of pyridine rings is 1. The molecule has 0 radical (unpaired) electrons. The Morgan fingerprint density at radius 3 is 2.38 bits per heavy atom. The Kier molecular flexibility index (Phi) is 6.93. The number of nitrogens with zero attached hydrogens (tertiary/aromatic N) is 1. The van der Waals surface area contributed by atoms with Crippen molar-refractivity contribution in [3.05, 3.63) is 53.3 Å². The molecule has 2 aromatic rings. The Labute approximate surface area is 164 Å². The second kappa shape index (κ2) is 7.78. The van der Waals surface area contributed by atoms with Gasteiger partial charge in [-0.2, -0.15) is 0 Å². The monoisotopic (exact) mass is 319 g/mol. The van der Waals surface area contributed by atoms with Crippen molar-refractivity contribution in [1.82, 2.24) is 4.98 Å². The average molecular weight is 319 g/mol. The van der Waals surface area contributed by atoms with E-state index in [4.69, 9.17) is 4.74 Å². The molecule has 0 fully saturated rings.